The molecule has 18 heavy (non-hydrogen) atoms. The van der Waals surface area contributed by atoms with Gasteiger partial charge in [0.15, 0.2) is 11.6 Å². The fraction of sp³-hybridized carbons (Fsp3) is 0.333. The maximum atomic E-state index is 13.2. The van der Waals surface area contributed by atoms with E-state index in [0.717, 1.165) is 0 Å². The highest BCUT2D eigenvalue weighted by Gasteiger charge is 2.20. The summed E-state index contributed by atoms with van der Waals surface area (Å²) in [6.45, 7) is 1.77. The van der Waals surface area contributed by atoms with Crippen molar-refractivity contribution in [3.05, 3.63) is 29.6 Å². The Hall–Kier alpha value is -2.03. The summed E-state index contributed by atoms with van der Waals surface area (Å²) in [6.07, 6.45) is 0.868. The van der Waals surface area contributed by atoms with Crippen LogP contribution in [-0.2, 0) is 4.79 Å². The van der Waals surface area contributed by atoms with E-state index in [1.54, 1.807) is 13.0 Å². The quantitative estimate of drug-likeness (QED) is 0.900. The predicted octanol–water partition coefficient (Wildman–Crippen LogP) is 2.98. The molecule has 1 unspecified atom stereocenters. The molecule has 0 aromatic heterocycles. The molecule has 0 spiro atoms. The number of carbonyl (C=O) groups is 1. The van der Waals surface area contributed by atoms with E-state index in [1.165, 1.54) is 0 Å². The first-order chi connectivity index (χ1) is 8.49. The van der Waals surface area contributed by atoms with E-state index < -0.39 is 35.0 Å². The average Bonchev–Trinajstić information content (AvgIpc) is 2.30. The lowest BCUT2D eigenvalue weighted by molar-refractivity contribution is -0.118. The lowest BCUT2D eigenvalue weighted by Gasteiger charge is -2.10. The smallest absolute Gasteiger partial charge is 0.241 e. The van der Waals surface area contributed by atoms with E-state index in [2.05, 4.69) is 0 Å². The third-order valence-corrected chi connectivity index (χ3v) is 2.30. The molecule has 96 valence electrons. The topological polar surface area (TPSA) is 52.9 Å². The number of nitriles is 1. The van der Waals surface area contributed by atoms with Gasteiger partial charge in [0.25, 0.3) is 0 Å². The van der Waals surface area contributed by atoms with Gasteiger partial charge >= 0.3 is 0 Å². The van der Waals surface area contributed by atoms with Gasteiger partial charge in [0.05, 0.1) is 6.07 Å². The Labute approximate surface area is 102 Å². The van der Waals surface area contributed by atoms with Crippen LogP contribution in [0, 0.1) is 34.7 Å². The van der Waals surface area contributed by atoms with Crippen LogP contribution >= 0.6 is 0 Å². The van der Waals surface area contributed by atoms with Gasteiger partial charge in [-0.25, -0.2) is 13.2 Å². The standard InChI is InChI=1S/C12H11F3N2O/c1-2-3-7(6-16)12(18)17-11-9(14)4-8(13)5-10(11)15/h4-5,7H,2-3H2,1H3,(H,17,18). The molecule has 0 bridgehead atoms. The van der Waals surface area contributed by atoms with E-state index in [-0.39, 0.29) is 6.42 Å². The normalized spacial score (nSPS) is 11.7. The molecule has 1 N–H and O–H groups in total. The minimum atomic E-state index is -1.21. The van der Waals surface area contributed by atoms with Crippen LogP contribution in [0.1, 0.15) is 19.8 Å². The average molecular weight is 256 g/mol. The molecule has 3 nitrogen and oxygen atoms in total. The number of carbonyl (C=O) groups excluding carboxylic acids is 1. The van der Waals surface area contributed by atoms with Gasteiger partial charge in [0, 0.05) is 12.1 Å². The van der Waals surface area contributed by atoms with E-state index in [9.17, 15) is 18.0 Å². The summed E-state index contributed by atoms with van der Waals surface area (Å²) in [7, 11) is 0. The minimum absolute atomic E-state index is 0.284. The van der Waals surface area contributed by atoms with E-state index >= 15 is 0 Å². The molecule has 1 rings (SSSR count). The van der Waals surface area contributed by atoms with Crippen molar-refractivity contribution in [2.45, 2.75) is 19.8 Å². The van der Waals surface area contributed by atoms with Crippen LogP contribution in [-0.4, -0.2) is 5.91 Å². The predicted molar refractivity (Wildman–Crippen MR) is 59.0 cm³/mol. The molecular formula is C12H11F3N2O. The number of benzene rings is 1. The molecule has 1 aromatic rings. The van der Waals surface area contributed by atoms with Crippen LogP contribution in [0.5, 0.6) is 0 Å². The van der Waals surface area contributed by atoms with Gasteiger partial charge in [-0.2, -0.15) is 5.26 Å². The molecule has 0 fully saturated rings. The first-order valence-electron chi connectivity index (χ1n) is 5.34. The second kappa shape index (κ2) is 6.05. The molecule has 6 heteroatoms. The van der Waals surface area contributed by atoms with Crippen LogP contribution in [0.15, 0.2) is 12.1 Å². The fourth-order valence-corrected chi connectivity index (χ4v) is 1.41. The molecule has 0 saturated carbocycles. The third-order valence-electron chi connectivity index (χ3n) is 2.30. The fourth-order valence-electron chi connectivity index (χ4n) is 1.41. The van der Waals surface area contributed by atoms with Gasteiger partial charge in [-0.15, -0.1) is 0 Å². The van der Waals surface area contributed by atoms with E-state index in [0.29, 0.717) is 18.6 Å². The second-order valence-corrected chi connectivity index (χ2v) is 3.70. The Morgan fingerprint density at radius 3 is 2.39 bits per heavy atom. The van der Waals surface area contributed by atoms with Gasteiger partial charge < -0.3 is 5.32 Å². The summed E-state index contributed by atoms with van der Waals surface area (Å²) < 4.78 is 39.1. The Kier molecular flexibility index (Phi) is 4.72. The van der Waals surface area contributed by atoms with Crippen molar-refractivity contribution in [2.75, 3.05) is 5.32 Å². The van der Waals surface area contributed by atoms with Gasteiger partial charge in [-0.05, 0) is 6.42 Å². The molecule has 0 heterocycles. The zero-order chi connectivity index (χ0) is 13.7. The summed E-state index contributed by atoms with van der Waals surface area (Å²) >= 11 is 0. The molecule has 1 aromatic carbocycles. The number of hydrogen-bond donors (Lipinski definition) is 1. The Morgan fingerprint density at radius 2 is 1.94 bits per heavy atom. The largest absolute Gasteiger partial charge is 0.320 e. The van der Waals surface area contributed by atoms with E-state index in [1.807, 2.05) is 5.32 Å². The van der Waals surface area contributed by atoms with Crippen molar-refractivity contribution in [2.24, 2.45) is 5.92 Å². The molecule has 0 saturated heterocycles. The Balaban J connectivity index is 2.92. The number of amides is 1. The molecule has 0 aliphatic rings. The number of nitrogens with zero attached hydrogens (tertiary/aromatic N) is 1. The molecule has 0 aliphatic heterocycles. The lowest BCUT2D eigenvalue weighted by atomic mass is 10.0. The third kappa shape index (κ3) is 3.23. The van der Waals surface area contributed by atoms with Gasteiger partial charge in [-0.1, -0.05) is 13.3 Å². The van der Waals surface area contributed by atoms with Crippen LogP contribution in [0.25, 0.3) is 0 Å². The number of anilines is 1. The Bertz CT molecular complexity index is 474. The SMILES string of the molecule is CCCC(C#N)C(=O)Nc1c(F)cc(F)cc1F. The zero-order valence-electron chi connectivity index (χ0n) is 9.64. The first-order valence-corrected chi connectivity index (χ1v) is 5.34. The summed E-state index contributed by atoms with van der Waals surface area (Å²) in [4.78, 5) is 11.6. The molecule has 0 aliphatic carbocycles. The number of nitrogens with one attached hydrogen (secondary N) is 1. The minimum Gasteiger partial charge on any atom is -0.320 e. The maximum absolute atomic E-state index is 13.2. The van der Waals surface area contributed by atoms with Gasteiger partial charge in [0.1, 0.15) is 17.4 Å². The highest BCUT2D eigenvalue weighted by atomic mass is 19.1. The molecule has 1 amide bonds. The van der Waals surface area contributed by atoms with Crippen molar-refractivity contribution in [1.82, 2.24) is 0 Å². The molecule has 0 radical (unpaired) electrons. The second-order valence-electron chi connectivity index (χ2n) is 3.70. The highest BCUT2D eigenvalue weighted by molar-refractivity contribution is 5.94. The molecule has 1 atom stereocenters. The molecular weight excluding hydrogens is 245 g/mol. The van der Waals surface area contributed by atoms with Crippen molar-refractivity contribution >= 4 is 11.6 Å². The van der Waals surface area contributed by atoms with Crippen molar-refractivity contribution < 1.29 is 18.0 Å². The monoisotopic (exact) mass is 256 g/mol. The highest BCUT2D eigenvalue weighted by Crippen LogP contribution is 2.21. The van der Waals surface area contributed by atoms with Crippen molar-refractivity contribution in [3.8, 4) is 6.07 Å². The Morgan fingerprint density at radius 1 is 1.39 bits per heavy atom. The summed E-state index contributed by atoms with van der Waals surface area (Å²) in [5, 5.41) is 10.7. The van der Waals surface area contributed by atoms with Gasteiger partial charge in [0.2, 0.25) is 5.91 Å². The van der Waals surface area contributed by atoms with Crippen LogP contribution in [0.4, 0.5) is 18.9 Å². The summed E-state index contributed by atoms with van der Waals surface area (Å²) in [5.74, 6) is -5.29. The van der Waals surface area contributed by atoms with Crippen molar-refractivity contribution in [3.63, 3.8) is 0 Å². The maximum Gasteiger partial charge on any atom is 0.241 e. The zero-order valence-corrected chi connectivity index (χ0v) is 9.64. The van der Waals surface area contributed by atoms with Crippen LogP contribution in [0.3, 0.4) is 0 Å². The number of rotatable bonds is 4. The number of hydrogen-bond acceptors (Lipinski definition) is 2. The summed E-state index contributed by atoms with van der Waals surface area (Å²) in [6, 6.07) is 2.66. The van der Waals surface area contributed by atoms with E-state index in [4.69, 9.17) is 5.26 Å². The first kappa shape index (κ1) is 14.0. The lowest BCUT2D eigenvalue weighted by Crippen LogP contribution is -2.22. The van der Waals surface area contributed by atoms with Crippen molar-refractivity contribution in [1.29, 1.82) is 5.26 Å². The summed E-state index contributed by atoms with van der Waals surface area (Å²) in [5.41, 5.74) is -0.738. The van der Waals surface area contributed by atoms with Crippen LogP contribution < -0.4 is 5.32 Å². The number of halogens is 3. The van der Waals surface area contributed by atoms with Gasteiger partial charge in [-0.3, -0.25) is 4.79 Å². The van der Waals surface area contributed by atoms with Crippen LogP contribution in [0.2, 0.25) is 0 Å².